The van der Waals surface area contributed by atoms with Crippen LogP contribution in [0.3, 0.4) is 0 Å². The van der Waals surface area contributed by atoms with Crippen LogP contribution < -0.4 is 5.73 Å². The molecule has 0 spiro atoms. The summed E-state index contributed by atoms with van der Waals surface area (Å²) in [4.78, 5) is 16.0. The molecule has 20 heavy (non-hydrogen) atoms. The van der Waals surface area contributed by atoms with Gasteiger partial charge in [0.2, 0.25) is 5.88 Å². The molecule has 0 fully saturated rings. The van der Waals surface area contributed by atoms with Gasteiger partial charge in [0.05, 0.1) is 18.6 Å². The Balaban J connectivity index is 2.63. The van der Waals surface area contributed by atoms with Crippen molar-refractivity contribution >= 4 is 5.97 Å². The van der Waals surface area contributed by atoms with Gasteiger partial charge in [-0.05, 0) is 18.6 Å². The Morgan fingerprint density at radius 2 is 2.35 bits per heavy atom. The van der Waals surface area contributed by atoms with Gasteiger partial charge in [-0.3, -0.25) is 4.98 Å². The molecule has 1 atom stereocenters. The summed E-state index contributed by atoms with van der Waals surface area (Å²) in [5.74, 6) is -0.875. The van der Waals surface area contributed by atoms with E-state index in [2.05, 4.69) is 4.98 Å². The lowest BCUT2D eigenvalue weighted by molar-refractivity contribution is -0.136. The summed E-state index contributed by atoms with van der Waals surface area (Å²) in [6.45, 7) is 1.61. The fourth-order valence-corrected chi connectivity index (χ4v) is 2.14. The fourth-order valence-electron chi connectivity index (χ4n) is 2.14. The third kappa shape index (κ3) is 2.21. The van der Waals surface area contributed by atoms with Gasteiger partial charge in [0.25, 0.3) is 0 Å². The smallest absolute Gasteiger partial charge is 0.338 e. The lowest BCUT2D eigenvalue weighted by atomic mass is 9.84. The summed E-state index contributed by atoms with van der Waals surface area (Å²) in [6, 6.07) is 5.48. The van der Waals surface area contributed by atoms with Crippen molar-refractivity contribution in [1.29, 1.82) is 5.26 Å². The lowest BCUT2D eigenvalue weighted by Gasteiger charge is -2.26. The molecule has 1 aliphatic rings. The molecule has 0 bridgehead atoms. The first-order valence-corrected chi connectivity index (χ1v) is 5.86. The zero-order chi connectivity index (χ0) is 14.7. The zero-order valence-corrected chi connectivity index (χ0v) is 11.1. The van der Waals surface area contributed by atoms with Crippen molar-refractivity contribution in [3.05, 3.63) is 52.9 Å². The Bertz CT molecular complexity index is 641. The average Bonchev–Trinajstić information content (AvgIpc) is 2.46. The van der Waals surface area contributed by atoms with Gasteiger partial charge in [0.1, 0.15) is 17.4 Å². The number of nitriles is 1. The van der Waals surface area contributed by atoms with Gasteiger partial charge in [-0.25, -0.2) is 4.79 Å². The highest BCUT2D eigenvalue weighted by atomic mass is 16.5. The van der Waals surface area contributed by atoms with E-state index in [-0.39, 0.29) is 17.0 Å². The standard InChI is InChI=1S/C14H13N3O3/c1-8-11(14(18)19-2)12(9-4-3-5-17-7-9)10(6-15)13(16)20-8/h3-5,7,12H,16H2,1-2H3/t12-/m1/s1. The summed E-state index contributed by atoms with van der Waals surface area (Å²) >= 11 is 0. The maximum atomic E-state index is 12.0. The number of aromatic nitrogens is 1. The number of nitrogens with zero attached hydrogens (tertiary/aromatic N) is 2. The number of nitrogens with two attached hydrogens (primary N) is 1. The second-order valence-corrected chi connectivity index (χ2v) is 4.17. The maximum absolute atomic E-state index is 12.0. The Kier molecular flexibility index (Phi) is 3.71. The van der Waals surface area contributed by atoms with E-state index in [1.165, 1.54) is 7.11 Å². The van der Waals surface area contributed by atoms with Crippen LogP contribution >= 0.6 is 0 Å². The molecule has 0 unspecified atom stereocenters. The van der Waals surface area contributed by atoms with E-state index in [0.717, 1.165) is 0 Å². The highest BCUT2D eigenvalue weighted by molar-refractivity contribution is 5.92. The van der Waals surface area contributed by atoms with E-state index in [0.29, 0.717) is 11.3 Å². The van der Waals surface area contributed by atoms with Crippen molar-refractivity contribution in [1.82, 2.24) is 4.98 Å². The van der Waals surface area contributed by atoms with E-state index in [1.54, 1.807) is 31.5 Å². The summed E-state index contributed by atoms with van der Waals surface area (Å²) < 4.78 is 10.0. The molecule has 1 aromatic heterocycles. The third-order valence-corrected chi connectivity index (χ3v) is 3.03. The molecule has 0 aliphatic carbocycles. The van der Waals surface area contributed by atoms with E-state index >= 15 is 0 Å². The number of ether oxygens (including phenoxy) is 2. The number of allylic oxidation sites excluding steroid dienone is 2. The van der Waals surface area contributed by atoms with Gasteiger partial charge in [-0.2, -0.15) is 5.26 Å². The number of pyridine rings is 1. The zero-order valence-electron chi connectivity index (χ0n) is 11.1. The number of hydrogen-bond acceptors (Lipinski definition) is 6. The van der Waals surface area contributed by atoms with Crippen LogP contribution in [0.25, 0.3) is 0 Å². The molecule has 0 radical (unpaired) electrons. The van der Waals surface area contributed by atoms with Crippen molar-refractivity contribution in [3.63, 3.8) is 0 Å². The predicted molar refractivity (Wildman–Crippen MR) is 69.6 cm³/mol. The quantitative estimate of drug-likeness (QED) is 0.815. The highest BCUT2D eigenvalue weighted by Crippen LogP contribution is 2.38. The van der Waals surface area contributed by atoms with Crippen LogP contribution in [0, 0.1) is 11.3 Å². The summed E-state index contributed by atoms with van der Waals surface area (Å²) in [5.41, 5.74) is 6.84. The van der Waals surface area contributed by atoms with Gasteiger partial charge in [-0.15, -0.1) is 0 Å². The van der Waals surface area contributed by atoms with Gasteiger partial charge in [0, 0.05) is 12.4 Å². The minimum atomic E-state index is -0.630. The molecule has 0 amide bonds. The van der Waals surface area contributed by atoms with Gasteiger partial charge >= 0.3 is 5.97 Å². The second-order valence-electron chi connectivity index (χ2n) is 4.17. The molecule has 1 aliphatic heterocycles. The first-order chi connectivity index (χ1) is 9.60. The fraction of sp³-hybridized carbons (Fsp3) is 0.214. The molecule has 2 rings (SSSR count). The first kappa shape index (κ1) is 13.6. The second kappa shape index (κ2) is 5.45. The monoisotopic (exact) mass is 271 g/mol. The Morgan fingerprint density at radius 3 is 2.90 bits per heavy atom. The molecule has 2 heterocycles. The van der Waals surface area contributed by atoms with Crippen molar-refractivity contribution in [3.8, 4) is 6.07 Å². The molecular weight excluding hydrogens is 258 g/mol. The summed E-state index contributed by atoms with van der Waals surface area (Å²) in [7, 11) is 1.27. The minimum Gasteiger partial charge on any atom is -0.466 e. The van der Waals surface area contributed by atoms with Crippen molar-refractivity contribution in [2.24, 2.45) is 5.73 Å². The minimum absolute atomic E-state index is 0.00786. The van der Waals surface area contributed by atoms with Crippen molar-refractivity contribution in [2.45, 2.75) is 12.8 Å². The van der Waals surface area contributed by atoms with Gasteiger partial charge in [0.15, 0.2) is 0 Å². The van der Waals surface area contributed by atoms with Crippen LogP contribution in [0.4, 0.5) is 0 Å². The van der Waals surface area contributed by atoms with E-state index < -0.39 is 11.9 Å². The number of esters is 1. The Hall–Kier alpha value is -2.81. The van der Waals surface area contributed by atoms with Crippen molar-refractivity contribution in [2.75, 3.05) is 7.11 Å². The first-order valence-electron chi connectivity index (χ1n) is 5.86. The van der Waals surface area contributed by atoms with Gasteiger partial charge < -0.3 is 15.2 Å². The number of carbonyl (C=O) groups is 1. The maximum Gasteiger partial charge on any atom is 0.338 e. The lowest BCUT2D eigenvalue weighted by Crippen LogP contribution is -2.25. The summed E-state index contributed by atoms with van der Waals surface area (Å²) in [5, 5.41) is 9.29. The van der Waals surface area contributed by atoms with E-state index in [4.69, 9.17) is 15.2 Å². The number of carbonyl (C=O) groups excluding carboxylic acids is 1. The Labute approximate surface area is 116 Å². The largest absolute Gasteiger partial charge is 0.466 e. The number of hydrogen-bond donors (Lipinski definition) is 1. The van der Waals surface area contributed by atoms with E-state index in [1.807, 2.05) is 6.07 Å². The number of methoxy groups -OCH3 is 1. The van der Waals surface area contributed by atoms with Crippen LogP contribution in [-0.2, 0) is 14.3 Å². The average molecular weight is 271 g/mol. The molecule has 6 nitrogen and oxygen atoms in total. The van der Waals surface area contributed by atoms with Crippen LogP contribution in [0.15, 0.2) is 47.3 Å². The van der Waals surface area contributed by atoms with Crippen LogP contribution in [0.5, 0.6) is 0 Å². The third-order valence-electron chi connectivity index (χ3n) is 3.03. The molecule has 1 aromatic rings. The summed E-state index contributed by atoms with van der Waals surface area (Å²) in [6.07, 6.45) is 3.19. The topological polar surface area (TPSA) is 98.2 Å². The number of rotatable bonds is 2. The van der Waals surface area contributed by atoms with E-state index in [9.17, 15) is 10.1 Å². The molecule has 0 saturated carbocycles. The van der Waals surface area contributed by atoms with Crippen molar-refractivity contribution < 1.29 is 14.3 Å². The molecule has 102 valence electrons. The van der Waals surface area contributed by atoms with Crippen LogP contribution in [-0.4, -0.2) is 18.1 Å². The predicted octanol–water partition coefficient (Wildman–Crippen LogP) is 1.34. The molecule has 0 saturated heterocycles. The molecular formula is C14H13N3O3. The normalized spacial score (nSPS) is 18.4. The SMILES string of the molecule is COC(=O)C1=C(C)OC(N)=C(C#N)[C@H]1c1cccnc1. The molecule has 2 N–H and O–H groups in total. The van der Waals surface area contributed by atoms with Gasteiger partial charge in [-0.1, -0.05) is 6.07 Å². The Morgan fingerprint density at radius 1 is 1.60 bits per heavy atom. The molecule has 6 heteroatoms. The molecule has 0 aromatic carbocycles. The highest BCUT2D eigenvalue weighted by Gasteiger charge is 2.36. The van der Waals surface area contributed by atoms with Crippen LogP contribution in [0.1, 0.15) is 18.4 Å². The van der Waals surface area contributed by atoms with Crippen LogP contribution in [0.2, 0.25) is 0 Å².